The molecule has 2 amide bonds. The molecule has 5 heteroatoms. The summed E-state index contributed by atoms with van der Waals surface area (Å²) >= 11 is 0. The Balaban J connectivity index is 1.48. The van der Waals surface area contributed by atoms with Crippen molar-refractivity contribution in [2.45, 2.75) is 44.6 Å². The Bertz CT molecular complexity index is 647. The van der Waals surface area contributed by atoms with E-state index in [1.807, 2.05) is 41.6 Å². The van der Waals surface area contributed by atoms with Crippen LogP contribution in [0.4, 0.5) is 4.79 Å². The second kappa shape index (κ2) is 9.16. The molecule has 5 nitrogen and oxygen atoms in total. The smallest absolute Gasteiger partial charge is 0.317 e. The molecule has 1 atom stereocenters. The highest BCUT2D eigenvalue weighted by molar-refractivity contribution is 5.74. The third-order valence-corrected chi connectivity index (χ3v) is 4.76. The van der Waals surface area contributed by atoms with E-state index in [4.69, 9.17) is 0 Å². The van der Waals surface area contributed by atoms with E-state index in [1.165, 1.54) is 6.42 Å². The van der Waals surface area contributed by atoms with Crippen molar-refractivity contribution in [2.75, 3.05) is 13.1 Å². The predicted molar refractivity (Wildman–Crippen MR) is 98.2 cm³/mol. The molecule has 1 fully saturated rings. The SMILES string of the molecule is O=C(NCCc1cccnc1)N1CCCCC1CCc1ccccn1. The summed E-state index contributed by atoms with van der Waals surface area (Å²) in [6.07, 6.45) is 11.5. The first-order valence-corrected chi connectivity index (χ1v) is 9.16. The van der Waals surface area contributed by atoms with Crippen LogP contribution in [0.2, 0.25) is 0 Å². The number of nitrogens with zero attached hydrogens (tertiary/aromatic N) is 3. The Morgan fingerprint density at radius 1 is 1.16 bits per heavy atom. The Morgan fingerprint density at radius 2 is 2.12 bits per heavy atom. The van der Waals surface area contributed by atoms with Crippen molar-refractivity contribution in [3.05, 3.63) is 60.2 Å². The van der Waals surface area contributed by atoms with Gasteiger partial charge in [0.25, 0.3) is 0 Å². The molecule has 0 aliphatic carbocycles. The van der Waals surface area contributed by atoms with E-state index >= 15 is 0 Å². The van der Waals surface area contributed by atoms with Gasteiger partial charge in [-0.15, -0.1) is 0 Å². The molecule has 2 aromatic rings. The van der Waals surface area contributed by atoms with Gasteiger partial charge in [-0.05, 0) is 62.3 Å². The Morgan fingerprint density at radius 3 is 2.92 bits per heavy atom. The molecule has 1 saturated heterocycles. The van der Waals surface area contributed by atoms with Crippen molar-refractivity contribution >= 4 is 6.03 Å². The number of aryl methyl sites for hydroxylation is 1. The van der Waals surface area contributed by atoms with Crippen LogP contribution >= 0.6 is 0 Å². The average Bonchev–Trinajstić information content (AvgIpc) is 2.68. The van der Waals surface area contributed by atoms with Crippen LogP contribution in [-0.2, 0) is 12.8 Å². The molecule has 0 aromatic carbocycles. The maximum Gasteiger partial charge on any atom is 0.317 e. The average molecular weight is 338 g/mol. The van der Waals surface area contributed by atoms with Gasteiger partial charge in [0.05, 0.1) is 0 Å². The third kappa shape index (κ3) is 5.28. The summed E-state index contributed by atoms with van der Waals surface area (Å²) in [5.74, 6) is 0. The summed E-state index contributed by atoms with van der Waals surface area (Å²) in [7, 11) is 0. The topological polar surface area (TPSA) is 58.1 Å². The van der Waals surface area contributed by atoms with E-state index in [2.05, 4.69) is 21.4 Å². The summed E-state index contributed by atoms with van der Waals surface area (Å²) in [5, 5.41) is 3.07. The molecule has 2 aromatic heterocycles. The molecule has 25 heavy (non-hydrogen) atoms. The first kappa shape index (κ1) is 17.4. The standard InChI is InChI=1S/C20H26N4O/c25-20(23-14-11-17-6-5-12-21-16-17)24-15-4-2-8-19(24)10-9-18-7-1-3-13-22-18/h1,3,5-7,12-13,16,19H,2,4,8-11,14-15H2,(H,23,25). The zero-order valence-electron chi connectivity index (χ0n) is 14.6. The maximum atomic E-state index is 12.6. The minimum atomic E-state index is 0.0645. The summed E-state index contributed by atoms with van der Waals surface area (Å²) in [4.78, 5) is 23.1. The lowest BCUT2D eigenvalue weighted by Gasteiger charge is -2.35. The number of likely N-dealkylation sites (tertiary alicyclic amines) is 1. The number of carbonyl (C=O) groups is 1. The molecule has 1 N–H and O–H groups in total. The zero-order chi connectivity index (χ0) is 17.3. The summed E-state index contributed by atoms with van der Waals surface area (Å²) < 4.78 is 0. The number of hydrogen-bond donors (Lipinski definition) is 1. The van der Waals surface area contributed by atoms with Crippen LogP contribution in [0.15, 0.2) is 48.9 Å². The highest BCUT2D eigenvalue weighted by Gasteiger charge is 2.26. The molecule has 1 unspecified atom stereocenters. The van der Waals surface area contributed by atoms with Gasteiger partial charge in [-0.2, -0.15) is 0 Å². The molecule has 3 rings (SSSR count). The molecule has 132 valence electrons. The summed E-state index contributed by atoms with van der Waals surface area (Å²) in [5.41, 5.74) is 2.25. The molecule has 1 aliphatic rings. The van der Waals surface area contributed by atoms with Crippen LogP contribution in [0.5, 0.6) is 0 Å². The van der Waals surface area contributed by atoms with Gasteiger partial charge in [0.1, 0.15) is 0 Å². The lowest BCUT2D eigenvalue weighted by atomic mass is 9.97. The number of rotatable bonds is 6. The lowest BCUT2D eigenvalue weighted by Crippen LogP contribution is -2.49. The minimum Gasteiger partial charge on any atom is -0.338 e. The van der Waals surface area contributed by atoms with Crippen molar-refractivity contribution < 1.29 is 4.79 Å². The molecule has 0 radical (unpaired) electrons. The number of urea groups is 1. The van der Waals surface area contributed by atoms with Crippen LogP contribution in [0.3, 0.4) is 0 Å². The van der Waals surface area contributed by atoms with Crippen LogP contribution in [-0.4, -0.2) is 40.0 Å². The maximum absolute atomic E-state index is 12.6. The fourth-order valence-corrected chi connectivity index (χ4v) is 3.39. The van der Waals surface area contributed by atoms with Gasteiger partial charge < -0.3 is 10.2 Å². The van der Waals surface area contributed by atoms with Gasteiger partial charge in [-0.1, -0.05) is 12.1 Å². The van der Waals surface area contributed by atoms with E-state index < -0.39 is 0 Å². The van der Waals surface area contributed by atoms with Gasteiger partial charge in [0, 0.05) is 43.4 Å². The quantitative estimate of drug-likeness (QED) is 0.880. The van der Waals surface area contributed by atoms with E-state index in [0.29, 0.717) is 12.6 Å². The van der Waals surface area contributed by atoms with Crippen molar-refractivity contribution in [2.24, 2.45) is 0 Å². The number of nitrogens with one attached hydrogen (secondary N) is 1. The van der Waals surface area contributed by atoms with Crippen molar-refractivity contribution in [3.63, 3.8) is 0 Å². The van der Waals surface area contributed by atoms with Crippen molar-refractivity contribution in [1.82, 2.24) is 20.2 Å². The Kier molecular flexibility index (Phi) is 6.37. The lowest BCUT2D eigenvalue weighted by molar-refractivity contribution is 0.146. The molecule has 3 heterocycles. The number of hydrogen-bond acceptors (Lipinski definition) is 3. The highest BCUT2D eigenvalue weighted by atomic mass is 16.2. The number of piperidine rings is 1. The largest absolute Gasteiger partial charge is 0.338 e. The normalized spacial score (nSPS) is 17.3. The van der Waals surface area contributed by atoms with E-state index in [9.17, 15) is 4.79 Å². The number of amides is 2. The van der Waals surface area contributed by atoms with Gasteiger partial charge in [-0.25, -0.2) is 4.79 Å². The third-order valence-electron chi connectivity index (χ3n) is 4.76. The van der Waals surface area contributed by atoms with E-state index in [0.717, 1.165) is 49.9 Å². The molecular weight excluding hydrogens is 312 g/mol. The molecule has 0 saturated carbocycles. The molecule has 0 bridgehead atoms. The van der Waals surface area contributed by atoms with Gasteiger partial charge in [-0.3, -0.25) is 9.97 Å². The fourth-order valence-electron chi connectivity index (χ4n) is 3.39. The monoisotopic (exact) mass is 338 g/mol. The summed E-state index contributed by atoms with van der Waals surface area (Å²) in [6.45, 7) is 1.50. The van der Waals surface area contributed by atoms with Crippen LogP contribution in [0, 0.1) is 0 Å². The van der Waals surface area contributed by atoms with Gasteiger partial charge >= 0.3 is 6.03 Å². The Labute approximate surface area is 149 Å². The van der Waals surface area contributed by atoms with E-state index in [-0.39, 0.29) is 6.03 Å². The number of carbonyl (C=O) groups excluding carboxylic acids is 1. The van der Waals surface area contributed by atoms with Crippen LogP contribution in [0.1, 0.15) is 36.9 Å². The minimum absolute atomic E-state index is 0.0645. The van der Waals surface area contributed by atoms with Crippen LogP contribution < -0.4 is 5.32 Å². The van der Waals surface area contributed by atoms with Crippen LogP contribution in [0.25, 0.3) is 0 Å². The van der Waals surface area contributed by atoms with Crippen molar-refractivity contribution in [3.8, 4) is 0 Å². The second-order valence-electron chi connectivity index (χ2n) is 6.55. The second-order valence-corrected chi connectivity index (χ2v) is 6.55. The number of aromatic nitrogens is 2. The zero-order valence-corrected chi connectivity index (χ0v) is 14.6. The molecule has 0 spiro atoms. The molecule has 1 aliphatic heterocycles. The highest BCUT2D eigenvalue weighted by Crippen LogP contribution is 2.21. The Hall–Kier alpha value is -2.43. The van der Waals surface area contributed by atoms with Gasteiger partial charge in [0.2, 0.25) is 0 Å². The first-order chi connectivity index (χ1) is 12.3. The molecular formula is C20H26N4O. The first-order valence-electron chi connectivity index (χ1n) is 9.16. The van der Waals surface area contributed by atoms with Gasteiger partial charge in [0.15, 0.2) is 0 Å². The summed E-state index contributed by atoms with van der Waals surface area (Å²) in [6, 6.07) is 10.4. The number of pyridine rings is 2. The van der Waals surface area contributed by atoms with E-state index in [1.54, 1.807) is 6.20 Å². The fraction of sp³-hybridized carbons (Fsp3) is 0.450. The van der Waals surface area contributed by atoms with Crippen molar-refractivity contribution in [1.29, 1.82) is 0 Å². The predicted octanol–water partition coefficient (Wildman–Crippen LogP) is 3.22.